The fraction of sp³-hybridized carbons (Fsp3) is 0.500. The van der Waals surface area contributed by atoms with Gasteiger partial charge < -0.3 is 28.8 Å². The molecule has 2 aliphatic heterocycles. The normalized spacial score (nSPS) is 19.1. The maximum atomic E-state index is 12.5. The number of benzene rings is 1. The summed E-state index contributed by atoms with van der Waals surface area (Å²) in [5.74, 6) is -0.913. The minimum Gasteiger partial charge on any atom is -0.495 e. The van der Waals surface area contributed by atoms with Crippen LogP contribution in [0.5, 0.6) is 5.75 Å². The molecule has 8 heteroatoms. The number of pyridine rings is 1. The van der Waals surface area contributed by atoms with Gasteiger partial charge in [-0.15, -0.1) is 0 Å². The predicted molar refractivity (Wildman–Crippen MR) is 121 cm³/mol. The van der Waals surface area contributed by atoms with E-state index < -0.39 is 17.2 Å². The minimum atomic E-state index is -1.21. The Morgan fingerprint density at radius 2 is 1.91 bits per heavy atom. The number of aromatic carboxylic acids is 1. The summed E-state index contributed by atoms with van der Waals surface area (Å²) >= 11 is 0. The van der Waals surface area contributed by atoms with E-state index in [1.807, 2.05) is 10.6 Å². The van der Waals surface area contributed by atoms with Crippen molar-refractivity contribution < 1.29 is 24.1 Å². The van der Waals surface area contributed by atoms with E-state index in [-0.39, 0.29) is 17.5 Å². The Hall–Kier alpha value is -2.84. The topological polar surface area (TPSA) is 90.2 Å². The zero-order chi connectivity index (χ0) is 23.2. The van der Waals surface area contributed by atoms with Gasteiger partial charge in [-0.1, -0.05) is 13.8 Å². The molecule has 0 saturated carbocycles. The zero-order valence-electron chi connectivity index (χ0n) is 19.2. The molecule has 32 heavy (non-hydrogen) atoms. The van der Waals surface area contributed by atoms with Crippen molar-refractivity contribution in [3.05, 3.63) is 45.7 Å². The van der Waals surface area contributed by atoms with Gasteiger partial charge in [0.15, 0.2) is 11.2 Å². The SMILES string of the molecule is COc1cc2c(cc1N1CCC(OC)(OC)C1)CC(C(C)C)n1cc(C(=O)O)c(=O)cc1-2. The zero-order valence-corrected chi connectivity index (χ0v) is 19.2. The lowest BCUT2D eigenvalue weighted by atomic mass is 9.86. The first-order chi connectivity index (χ1) is 15.2. The van der Waals surface area contributed by atoms with Crippen molar-refractivity contribution >= 4 is 11.7 Å². The lowest BCUT2D eigenvalue weighted by Gasteiger charge is -2.34. The molecular weight excluding hydrogens is 412 g/mol. The van der Waals surface area contributed by atoms with Crippen molar-refractivity contribution in [2.45, 2.75) is 38.5 Å². The second-order valence-corrected chi connectivity index (χ2v) is 8.84. The Morgan fingerprint density at radius 3 is 2.47 bits per heavy atom. The summed E-state index contributed by atoms with van der Waals surface area (Å²) in [4.78, 5) is 26.3. The molecule has 0 radical (unpaired) electrons. The number of anilines is 1. The van der Waals surface area contributed by atoms with E-state index in [4.69, 9.17) is 14.2 Å². The van der Waals surface area contributed by atoms with Crippen molar-refractivity contribution in [3.8, 4) is 17.0 Å². The fourth-order valence-electron chi connectivity index (χ4n) is 4.89. The first kappa shape index (κ1) is 22.4. The molecule has 8 nitrogen and oxygen atoms in total. The monoisotopic (exact) mass is 442 g/mol. The van der Waals surface area contributed by atoms with Crippen molar-refractivity contribution in [2.75, 3.05) is 39.3 Å². The van der Waals surface area contributed by atoms with Gasteiger partial charge in [0.25, 0.3) is 0 Å². The van der Waals surface area contributed by atoms with Crippen LogP contribution in [-0.2, 0) is 15.9 Å². The summed E-state index contributed by atoms with van der Waals surface area (Å²) in [5, 5.41) is 9.45. The molecule has 2 aliphatic rings. The second-order valence-electron chi connectivity index (χ2n) is 8.84. The summed E-state index contributed by atoms with van der Waals surface area (Å²) in [6, 6.07) is 5.55. The maximum Gasteiger partial charge on any atom is 0.341 e. The molecule has 1 N–H and O–H groups in total. The van der Waals surface area contributed by atoms with Gasteiger partial charge in [-0.05, 0) is 30.0 Å². The van der Waals surface area contributed by atoms with E-state index in [1.165, 1.54) is 12.3 Å². The molecular formula is C24H30N2O6. The number of hydrogen-bond donors (Lipinski definition) is 1. The third-order valence-electron chi connectivity index (χ3n) is 6.83. The van der Waals surface area contributed by atoms with Crippen LogP contribution in [0.25, 0.3) is 11.3 Å². The molecule has 1 fully saturated rings. The minimum absolute atomic E-state index is 0.0352. The van der Waals surface area contributed by atoms with Crippen LogP contribution in [0.15, 0.2) is 29.2 Å². The van der Waals surface area contributed by atoms with Crippen molar-refractivity contribution in [3.63, 3.8) is 0 Å². The fourth-order valence-corrected chi connectivity index (χ4v) is 4.89. The Kier molecular flexibility index (Phi) is 5.77. The molecule has 0 amide bonds. The van der Waals surface area contributed by atoms with Crippen LogP contribution >= 0.6 is 0 Å². The highest BCUT2D eigenvalue weighted by Gasteiger charge is 2.40. The Labute approximate surface area is 187 Å². The molecule has 0 spiro atoms. The van der Waals surface area contributed by atoms with E-state index in [2.05, 4.69) is 24.8 Å². The molecule has 0 bridgehead atoms. The van der Waals surface area contributed by atoms with E-state index in [0.717, 1.165) is 36.2 Å². The Bertz CT molecular complexity index is 1100. The quantitative estimate of drug-likeness (QED) is 0.687. The number of ether oxygens (including phenoxy) is 3. The standard InChI is InChI=1S/C24H30N2O6/c1-14(2)18-8-15-9-20(25-7-6-24(13-25,31-4)32-5)22(30-3)10-16(15)19-11-21(27)17(23(28)29)12-26(18)19/h9-12,14,18H,6-8,13H2,1-5H3,(H,28,29). The second kappa shape index (κ2) is 8.26. The largest absolute Gasteiger partial charge is 0.495 e. The summed E-state index contributed by atoms with van der Waals surface area (Å²) in [5.41, 5.74) is 2.97. The first-order valence-corrected chi connectivity index (χ1v) is 10.8. The molecule has 0 aliphatic carbocycles. The summed E-state index contributed by atoms with van der Waals surface area (Å²) in [6.45, 7) is 5.56. The number of nitrogens with zero attached hydrogens (tertiary/aromatic N) is 2. The lowest BCUT2D eigenvalue weighted by molar-refractivity contribution is -0.189. The molecule has 1 saturated heterocycles. The number of carboxylic acid groups (broad SMARTS) is 1. The van der Waals surface area contributed by atoms with Crippen LogP contribution in [0.4, 0.5) is 5.69 Å². The number of carbonyl (C=O) groups is 1. The van der Waals surface area contributed by atoms with Gasteiger partial charge in [-0.2, -0.15) is 0 Å². The molecule has 1 atom stereocenters. The molecule has 4 rings (SSSR count). The van der Waals surface area contributed by atoms with Crippen molar-refractivity contribution in [1.82, 2.24) is 4.57 Å². The summed E-state index contributed by atoms with van der Waals surface area (Å²) < 4.78 is 18.9. The van der Waals surface area contributed by atoms with Crippen LogP contribution in [0.3, 0.4) is 0 Å². The van der Waals surface area contributed by atoms with Crippen LogP contribution in [0.2, 0.25) is 0 Å². The highest BCUT2D eigenvalue weighted by atomic mass is 16.7. The maximum absolute atomic E-state index is 12.5. The number of aromatic nitrogens is 1. The third kappa shape index (κ3) is 3.57. The number of methoxy groups -OCH3 is 3. The molecule has 172 valence electrons. The number of hydrogen-bond acceptors (Lipinski definition) is 6. The average molecular weight is 443 g/mol. The van der Waals surface area contributed by atoms with Gasteiger partial charge in [0.1, 0.15) is 11.3 Å². The van der Waals surface area contributed by atoms with E-state index in [1.54, 1.807) is 21.3 Å². The van der Waals surface area contributed by atoms with Crippen LogP contribution in [0, 0.1) is 5.92 Å². The molecule has 1 aromatic carbocycles. The molecule has 3 heterocycles. The molecule has 1 aromatic heterocycles. The van der Waals surface area contributed by atoms with E-state index >= 15 is 0 Å². The number of carboxylic acids is 1. The van der Waals surface area contributed by atoms with Crippen LogP contribution in [-0.4, -0.2) is 55.8 Å². The van der Waals surface area contributed by atoms with Gasteiger partial charge in [-0.25, -0.2) is 4.79 Å². The molecule has 2 aromatic rings. The van der Waals surface area contributed by atoms with E-state index in [9.17, 15) is 14.7 Å². The van der Waals surface area contributed by atoms with E-state index in [0.29, 0.717) is 18.0 Å². The summed E-state index contributed by atoms with van der Waals surface area (Å²) in [6.07, 6.45) is 2.96. The van der Waals surface area contributed by atoms with Crippen LogP contribution < -0.4 is 15.1 Å². The molecule has 1 unspecified atom stereocenters. The lowest BCUT2D eigenvalue weighted by Crippen LogP contribution is -2.37. The smallest absolute Gasteiger partial charge is 0.341 e. The van der Waals surface area contributed by atoms with Gasteiger partial charge >= 0.3 is 5.97 Å². The first-order valence-electron chi connectivity index (χ1n) is 10.8. The van der Waals surface area contributed by atoms with Gasteiger partial charge in [0.2, 0.25) is 0 Å². The van der Waals surface area contributed by atoms with Gasteiger partial charge in [0.05, 0.1) is 25.0 Å². The number of fused-ring (bicyclic) bond motifs is 3. The highest BCUT2D eigenvalue weighted by molar-refractivity contribution is 5.88. The average Bonchev–Trinajstić information content (AvgIpc) is 3.22. The van der Waals surface area contributed by atoms with Crippen LogP contribution in [0.1, 0.15) is 42.2 Å². The third-order valence-corrected chi connectivity index (χ3v) is 6.83. The highest BCUT2D eigenvalue weighted by Crippen LogP contribution is 2.44. The van der Waals surface area contributed by atoms with Crippen molar-refractivity contribution in [2.24, 2.45) is 5.92 Å². The Morgan fingerprint density at radius 1 is 1.19 bits per heavy atom. The van der Waals surface area contributed by atoms with Gasteiger partial charge in [0, 0.05) is 51.1 Å². The van der Waals surface area contributed by atoms with Crippen molar-refractivity contribution in [1.29, 1.82) is 0 Å². The summed E-state index contributed by atoms with van der Waals surface area (Å²) in [7, 11) is 4.94. The predicted octanol–water partition coefficient (Wildman–Crippen LogP) is 3.17. The van der Waals surface area contributed by atoms with Gasteiger partial charge in [-0.3, -0.25) is 4.79 Å². The number of rotatable bonds is 6. The Balaban J connectivity index is 1.85.